The summed E-state index contributed by atoms with van der Waals surface area (Å²) in [6, 6.07) is 0. The van der Waals surface area contributed by atoms with Gasteiger partial charge in [0.15, 0.2) is 5.96 Å². The summed E-state index contributed by atoms with van der Waals surface area (Å²) < 4.78 is 11.1. The number of aryl methyl sites for hydroxylation is 2. The van der Waals surface area contributed by atoms with Crippen molar-refractivity contribution < 1.29 is 9.15 Å². The third kappa shape index (κ3) is 6.10. The molecule has 1 fully saturated rings. The summed E-state index contributed by atoms with van der Waals surface area (Å²) in [6.45, 7) is 9.62. The van der Waals surface area contributed by atoms with Crippen LogP contribution in [0, 0.1) is 13.8 Å². The van der Waals surface area contributed by atoms with Gasteiger partial charge in [-0.05, 0) is 47.7 Å². The van der Waals surface area contributed by atoms with Crippen LogP contribution in [0.1, 0.15) is 37.1 Å². The van der Waals surface area contributed by atoms with Crippen molar-refractivity contribution in [2.75, 3.05) is 40.4 Å². The highest BCUT2D eigenvalue weighted by molar-refractivity contribution is 14.0. The van der Waals surface area contributed by atoms with Crippen molar-refractivity contribution in [2.45, 2.75) is 45.7 Å². The van der Waals surface area contributed by atoms with Crippen LogP contribution >= 0.6 is 24.0 Å². The zero-order valence-electron chi connectivity index (χ0n) is 16.0. The Kier molecular flexibility index (Phi) is 9.15. The van der Waals surface area contributed by atoms with Gasteiger partial charge in [0.1, 0.15) is 12.3 Å². The van der Waals surface area contributed by atoms with Crippen LogP contribution in [-0.4, -0.2) is 61.8 Å². The van der Waals surface area contributed by atoms with Gasteiger partial charge in [-0.15, -0.1) is 24.0 Å². The standard InChI is InChI=1S/C17H31N5O2.HI/c1-6-18-16(19-11-15-21-13(2)14(3)24-15)20-12-17(22(4)5)7-9-23-10-8-17;/h6-12H2,1-5H3,(H2,18,19,20);1H. The van der Waals surface area contributed by atoms with Crippen LogP contribution in [0.5, 0.6) is 0 Å². The minimum atomic E-state index is 0. The second-order valence-electron chi connectivity index (χ2n) is 6.53. The number of ether oxygens (including phenoxy) is 1. The minimum absolute atomic E-state index is 0. The van der Waals surface area contributed by atoms with Crippen LogP contribution < -0.4 is 10.6 Å². The highest BCUT2D eigenvalue weighted by Crippen LogP contribution is 2.25. The molecule has 2 N–H and O–H groups in total. The van der Waals surface area contributed by atoms with E-state index in [-0.39, 0.29) is 29.5 Å². The Bertz CT molecular complexity index is 534. The number of likely N-dealkylation sites (N-methyl/N-ethyl adjacent to an activating group) is 1. The smallest absolute Gasteiger partial charge is 0.216 e. The molecule has 0 spiro atoms. The zero-order valence-corrected chi connectivity index (χ0v) is 18.3. The van der Waals surface area contributed by atoms with Crippen LogP contribution in [0.2, 0.25) is 0 Å². The summed E-state index contributed by atoms with van der Waals surface area (Å²) in [6.07, 6.45) is 2.04. The molecule has 0 aliphatic carbocycles. The first kappa shape index (κ1) is 22.2. The summed E-state index contributed by atoms with van der Waals surface area (Å²) in [4.78, 5) is 11.3. The molecule has 0 bridgehead atoms. The number of nitrogens with zero attached hydrogens (tertiary/aromatic N) is 3. The van der Waals surface area contributed by atoms with E-state index in [1.54, 1.807) is 0 Å². The molecule has 0 radical (unpaired) electrons. The number of guanidine groups is 1. The second-order valence-corrected chi connectivity index (χ2v) is 6.53. The van der Waals surface area contributed by atoms with E-state index in [0.29, 0.717) is 12.4 Å². The van der Waals surface area contributed by atoms with E-state index in [0.717, 1.165) is 56.6 Å². The van der Waals surface area contributed by atoms with E-state index in [4.69, 9.17) is 9.15 Å². The molecule has 7 nitrogen and oxygen atoms in total. The van der Waals surface area contributed by atoms with E-state index < -0.39 is 0 Å². The van der Waals surface area contributed by atoms with Gasteiger partial charge in [0.25, 0.3) is 0 Å². The van der Waals surface area contributed by atoms with Crippen LogP contribution in [0.25, 0.3) is 0 Å². The van der Waals surface area contributed by atoms with E-state index in [2.05, 4.69) is 46.5 Å². The topological polar surface area (TPSA) is 74.9 Å². The third-order valence-corrected chi connectivity index (χ3v) is 4.75. The molecule has 1 aliphatic rings. The van der Waals surface area contributed by atoms with E-state index in [1.165, 1.54) is 0 Å². The highest BCUT2D eigenvalue weighted by atomic mass is 127. The fourth-order valence-corrected chi connectivity index (χ4v) is 2.88. The lowest BCUT2D eigenvalue weighted by Gasteiger charge is -2.43. The van der Waals surface area contributed by atoms with Gasteiger partial charge in [0.05, 0.1) is 5.69 Å². The predicted octanol–water partition coefficient (Wildman–Crippen LogP) is 2.08. The Morgan fingerprint density at radius 1 is 1.24 bits per heavy atom. The lowest BCUT2D eigenvalue weighted by molar-refractivity contribution is -0.00501. The Labute approximate surface area is 168 Å². The van der Waals surface area contributed by atoms with Gasteiger partial charge in [-0.3, -0.25) is 0 Å². The first-order valence-electron chi connectivity index (χ1n) is 8.67. The Hall–Kier alpha value is -0.870. The molecule has 2 rings (SSSR count). The molecule has 0 aromatic carbocycles. The maximum absolute atomic E-state index is 5.60. The van der Waals surface area contributed by atoms with Crippen molar-refractivity contribution in [3.05, 3.63) is 17.3 Å². The molecule has 144 valence electrons. The van der Waals surface area contributed by atoms with Crippen LogP contribution in [-0.2, 0) is 11.3 Å². The maximum atomic E-state index is 5.60. The molecule has 8 heteroatoms. The average molecular weight is 465 g/mol. The molecule has 0 amide bonds. The van der Waals surface area contributed by atoms with Crippen LogP contribution in [0.15, 0.2) is 9.41 Å². The summed E-state index contributed by atoms with van der Waals surface area (Å²) >= 11 is 0. The van der Waals surface area contributed by atoms with E-state index in [9.17, 15) is 0 Å². The quantitative estimate of drug-likeness (QED) is 0.381. The van der Waals surface area contributed by atoms with E-state index >= 15 is 0 Å². The third-order valence-electron chi connectivity index (χ3n) is 4.75. The summed E-state index contributed by atoms with van der Waals surface area (Å²) in [7, 11) is 4.27. The molecule has 1 aromatic rings. The number of aliphatic imine (C=N–C) groups is 1. The monoisotopic (exact) mass is 465 g/mol. The number of aromatic nitrogens is 1. The van der Waals surface area contributed by atoms with Crippen molar-refractivity contribution in [3.8, 4) is 0 Å². The van der Waals surface area contributed by atoms with Crippen molar-refractivity contribution in [1.82, 2.24) is 20.5 Å². The average Bonchev–Trinajstić information content (AvgIpc) is 2.89. The maximum Gasteiger partial charge on any atom is 0.216 e. The van der Waals surface area contributed by atoms with Gasteiger partial charge < -0.3 is 24.7 Å². The predicted molar refractivity (Wildman–Crippen MR) is 111 cm³/mol. The van der Waals surface area contributed by atoms with Gasteiger partial charge in [0, 0.05) is 31.8 Å². The number of rotatable bonds is 6. The summed E-state index contributed by atoms with van der Waals surface area (Å²) in [5.74, 6) is 2.29. The molecule has 25 heavy (non-hydrogen) atoms. The fraction of sp³-hybridized carbons (Fsp3) is 0.765. The molecule has 0 atom stereocenters. The molecule has 1 aromatic heterocycles. The second kappa shape index (κ2) is 10.3. The normalized spacial score (nSPS) is 17.3. The Morgan fingerprint density at radius 3 is 2.44 bits per heavy atom. The Morgan fingerprint density at radius 2 is 1.92 bits per heavy atom. The molecule has 1 saturated heterocycles. The molecular weight excluding hydrogens is 433 g/mol. The van der Waals surface area contributed by atoms with Gasteiger partial charge >= 0.3 is 0 Å². The van der Waals surface area contributed by atoms with Crippen molar-refractivity contribution in [3.63, 3.8) is 0 Å². The number of nitrogens with one attached hydrogen (secondary N) is 2. The van der Waals surface area contributed by atoms with Crippen molar-refractivity contribution in [2.24, 2.45) is 4.99 Å². The summed E-state index contributed by atoms with van der Waals surface area (Å²) in [5, 5.41) is 6.77. The lowest BCUT2D eigenvalue weighted by atomic mass is 9.88. The number of halogens is 1. The van der Waals surface area contributed by atoms with Gasteiger partial charge in [-0.2, -0.15) is 0 Å². The minimum Gasteiger partial charge on any atom is -0.444 e. The molecule has 2 heterocycles. The van der Waals surface area contributed by atoms with Gasteiger partial charge in [0.2, 0.25) is 5.89 Å². The SMILES string of the molecule is CCNC(=NCc1nc(C)c(C)o1)NCC1(N(C)C)CCOCC1.I. The lowest BCUT2D eigenvalue weighted by Crippen LogP contribution is -2.57. The number of hydrogen-bond acceptors (Lipinski definition) is 5. The van der Waals surface area contributed by atoms with Gasteiger partial charge in [-0.25, -0.2) is 9.98 Å². The van der Waals surface area contributed by atoms with Crippen molar-refractivity contribution in [1.29, 1.82) is 0 Å². The molecule has 1 aliphatic heterocycles. The van der Waals surface area contributed by atoms with Crippen molar-refractivity contribution >= 4 is 29.9 Å². The molecule has 0 unspecified atom stereocenters. The number of hydrogen-bond donors (Lipinski definition) is 2. The van der Waals surface area contributed by atoms with Gasteiger partial charge in [-0.1, -0.05) is 0 Å². The highest BCUT2D eigenvalue weighted by Gasteiger charge is 2.34. The largest absolute Gasteiger partial charge is 0.444 e. The molecular formula is C17H32IN5O2. The molecule has 0 saturated carbocycles. The van der Waals surface area contributed by atoms with Crippen LogP contribution in [0.4, 0.5) is 0 Å². The first-order chi connectivity index (χ1) is 11.5. The summed E-state index contributed by atoms with van der Waals surface area (Å²) in [5.41, 5.74) is 1.02. The fourth-order valence-electron chi connectivity index (χ4n) is 2.88. The van der Waals surface area contributed by atoms with Crippen LogP contribution in [0.3, 0.4) is 0 Å². The first-order valence-corrected chi connectivity index (χ1v) is 8.67. The number of oxazole rings is 1. The van der Waals surface area contributed by atoms with E-state index in [1.807, 2.05) is 13.8 Å². The zero-order chi connectivity index (χ0) is 17.6. The Balaban J connectivity index is 0.00000312.